The molecule has 0 spiro atoms. The van der Waals surface area contributed by atoms with Crippen LogP contribution < -0.4 is 5.73 Å². The molecule has 2 N–H and O–H groups in total. The van der Waals surface area contributed by atoms with Crippen molar-refractivity contribution in [2.24, 2.45) is 11.7 Å². The van der Waals surface area contributed by atoms with Gasteiger partial charge in [0, 0.05) is 25.0 Å². The van der Waals surface area contributed by atoms with Gasteiger partial charge in [0.1, 0.15) is 0 Å². The summed E-state index contributed by atoms with van der Waals surface area (Å²) in [5.74, 6) is 0.363. The third-order valence-electron chi connectivity index (χ3n) is 2.68. The topological polar surface area (TPSA) is 46.3 Å². The number of hydrogen-bond acceptors (Lipinski definition) is 2. The summed E-state index contributed by atoms with van der Waals surface area (Å²) in [6, 6.07) is 0.295. The Morgan fingerprint density at radius 1 is 1.54 bits per heavy atom. The zero-order chi connectivity index (χ0) is 9.84. The van der Waals surface area contributed by atoms with Crippen LogP contribution in [0.3, 0.4) is 0 Å². The van der Waals surface area contributed by atoms with Gasteiger partial charge in [0.25, 0.3) is 0 Å². The second-order valence-corrected chi connectivity index (χ2v) is 4.07. The van der Waals surface area contributed by atoms with Crippen molar-refractivity contribution >= 4 is 5.91 Å². The van der Waals surface area contributed by atoms with Crippen molar-refractivity contribution < 1.29 is 4.79 Å². The van der Waals surface area contributed by atoms with Crippen LogP contribution in [-0.2, 0) is 4.79 Å². The van der Waals surface area contributed by atoms with E-state index in [0.717, 1.165) is 19.4 Å². The Morgan fingerprint density at radius 3 is 2.77 bits per heavy atom. The Balaban J connectivity index is 2.58. The zero-order valence-corrected chi connectivity index (χ0v) is 8.62. The van der Waals surface area contributed by atoms with Crippen molar-refractivity contribution in [2.45, 2.75) is 39.2 Å². The summed E-state index contributed by atoms with van der Waals surface area (Å²) in [5, 5.41) is 0. The molecule has 0 aromatic carbocycles. The van der Waals surface area contributed by atoms with Crippen LogP contribution in [0.5, 0.6) is 0 Å². The Bertz CT molecular complexity index is 180. The van der Waals surface area contributed by atoms with E-state index >= 15 is 0 Å². The molecule has 1 aliphatic rings. The van der Waals surface area contributed by atoms with Crippen molar-refractivity contribution in [3.05, 3.63) is 0 Å². The van der Waals surface area contributed by atoms with E-state index in [-0.39, 0.29) is 11.8 Å². The van der Waals surface area contributed by atoms with E-state index in [2.05, 4.69) is 0 Å². The molecular weight excluding hydrogens is 164 g/mol. The molecule has 1 saturated heterocycles. The molecular formula is C10H20N2O. The number of likely N-dealkylation sites (tertiary alicyclic amines) is 1. The van der Waals surface area contributed by atoms with Gasteiger partial charge in [0.05, 0.1) is 0 Å². The third-order valence-corrected chi connectivity index (χ3v) is 2.68. The minimum absolute atomic E-state index is 0.104. The van der Waals surface area contributed by atoms with Gasteiger partial charge < -0.3 is 10.6 Å². The summed E-state index contributed by atoms with van der Waals surface area (Å²) >= 11 is 0. The molecule has 0 aromatic heterocycles. The Morgan fingerprint density at radius 2 is 2.23 bits per heavy atom. The van der Waals surface area contributed by atoms with E-state index in [0.29, 0.717) is 12.6 Å². The van der Waals surface area contributed by atoms with Crippen LogP contribution in [0.4, 0.5) is 0 Å². The predicted molar refractivity (Wildman–Crippen MR) is 53.2 cm³/mol. The molecule has 1 atom stereocenters. The highest BCUT2D eigenvalue weighted by Crippen LogP contribution is 2.18. The predicted octanol–water partition coefficient (Wildman–Crippen LogP) is 0.982. The van der Waals surface area contributed by atoms with E-state index < -0.39 is 0 Å². The summed E-state index contributed by atoms with van der Waals surface area (Å²) in [5.41, 5.74) is 5.64. The fraction of sp³-hybridized carbons (Fsp3) is 0.900. The van der Waals surface area contributed by atoms with E-state index in [1.54, 1.807) is 0 Å². The first kappa shape index (κ1) is 10.5. The monoisotopic (exact) mass is 184 g/mol. The first-order valence-electron chi connectivity index (χ1n) is 5.17. The second kappa shape index (κ2) is 4.61. The molecule has 1 unspecified atom stereocenters. The quantitative estimate of drug-likeness (QED) is 0.695. The number of nitrogens with zero attached hydrogens (tertiary/aromatic N) is 1. The number of carbonyl (C=O) groups is 1. The van der Waals surface area contributed by atoms with Crippen molar-refractivity contribution in [3.8, 4) is 0 Å². The molecule has 0 saturated carbocycles. The van der Waals surface area contributed by atoms with Crippen LogP contribution in [0, 0.1) is 5.92 Å². The van der Waals surface area contributed by atoms with Gasteiger partial charge in [-0.2, -0.15) is 0 Å². The lowest BCUT2D eigenvalue weighted by molar-refractivity contribution is -0.137. The van der Waals surface area contributed by atoms with Gasteiger partial charge in [0.2, 0.25) is 5.91 Å². The van der Waals surface area contributed by atoms with Gasteiger partial charge in [-0.25, -0.2) is 0 Å². The average Bonchev–Trinajstić information content (AvgIpc) is 2.16. The number of hydrogen-bond donors (Lipinski definition) is 1. The van der Waals surface area contributed by atoms with E-state index in [1.807, 2.05) is 18.7 Å². The first-order valence-corrected chi connectivity index (χ1v) is 5.17. The fourth-order valence-corrected chi connectivity index (χ4v) is 1.87. The van der Waals surface area contributed by atoms with Gasteiger partial charge >= 0.3 is 0 Å². The molecule has 0 bridgehead atoms. The lowest BCUT2D eigenvalue weighted by Gasteiger charge is -2.36. The number of carbonyl (C=O) groups excluding carboxylic acids is 1. The molecule has 1 amide bonds. The third kappa shape index (κ3) is 2.44. The number of piperidine rings is 1. The molecule has 13 heavy (non-hydrogen) atoms. The highest BCUT2D eigenvalue weighted by Gasteiger charge is 2.26. The summed E-state index contributed by atoms with van der Waals surface area (Å²) < 4.78 is 0. The highest BCUT2D eigenvalue weighted by molar-refractivity contribution is 5.78. The molecule has 3 nitrogen and oxygen atoms in total. The summed E-state index contributed by atoms with van der Waals surface area (Å²) in [6.07, 6.45) is 3.42. The van der Waals surface area contributed by atoms with Crippen molar-refractivity contribution in [2.75, 3.05) is 13.1 Å². The van der Waals surface area contributed by atoms with Gasteiger partial charge in [-0.1, -0.05) is 13.8 Å². The Hall–Kier alpha value is -0.570. The lowest BCUT2D eigenvalue weighted by atomic mass is 10.0. The molecule has 3 heteroatoms. The summed E-state index contributed by atoms with van der Waals surface area (Å²) in [6.45, 7) is 5.41. The lowest BCUT2D eigenvalue weighted by Crippen LogP contribution is -2.48. The summed E-state index contributed by atoms with van der Waals surface area (Å²) in [4.78, 5) is 13.7. The van der Waals surface area contributed by atoms with Crippen molar-refractivity contribution in [1.82, 2.24) is 4.90 Å². The standard InChI is InChI=1S/C10H20N2O/c1-8(2)10(13)12-6-4-3-5-9(12)7-11/h8-9H,3-7,11H2,1-2H3. The number of amides is 1. The fourth-order valence-electron chi connectivity index (χ4n) is 1.87. The van der Waals surface area contributed by atoms with E-state index in [1.165, 1.54) is 6.42 Å². The molecule has 1 heterocycles. The normalized spacial score (nSPS) is 23.7. The van der Waals surface area contributed by atoms with Crippen LogP contribution in [0.1, 0.15) is 33.1 Å². The maximum atomic E-state index is 11.7. The minimum atomic E-state index is 0.104. The highest BCUT2D eigenvalue weighted by atomic mass is 16.2. The van der Waals surface area contributed by atoms with Crippen molar-refractivity contribution in [1.29, 1.82) is 0 Å². The maximum absolute atomic E-state index is 11.7. The largest absolute Gasteiger partial charge is 0.338 e. The van der Waals surface area contributed by atoms with Crippen molar-refractivity contribution in [3.63, 3.8) is 0 Å². The molecule has 76 valence electrons. The van der Waals surface area contributed by atoms with E-state index in [4.69, 9.17) is 5.73 Å². The van der Waals surface area contributed by atoms with Gasteiger partial charge in [-0.05, 0) is 19.3 Å². The molecule has 0 aromatic rings. The summed E-state index contributed by atoms with van der Waals surface area (Å²) in [7, 11) is 0. The van der Waals surface area contributed by atoms with Gasteiger partial charge in [-0.3, -0.25) is 4.79 Å². The number of rotatable bonds is 2. The van der Waals surface area contributed by atoms with Crippen LogP contribution in [0.25, 0.3) is 0 Å². The maximum Gasteiger partial charge on any atom is 0.225 e. The van der Waals surface area contributed by atoms with Gasteiger partial charge in [-0.15, -0.1) is 0 Å². The molecule has 1 fully saturated rings. The number of nitrogens with two attached hydrogens (primary N) is 1. The van der Waals surface area contributed by atoms with Crippen LogP contribution in [0.15, 0.2) is 0 Å². The minimum Gasteiger partial charge on any atom is -0.338 e. The Kier molecular flexibility index (Phi) is 3.72. The smallest absolute Gasteiger partial charge is 0.225 e. The van der Waals surface area contributed by atoms with E-state index in [9.17, 15) is 4.79 Å². The SMILES string of the molecule is CC(C)C(=O)N1CCCCC1CN. The molecule has 0 aliphatic carbocycles. The zero-order valence-electron chi connectivity index (χ0n) is 8.62. The Labute approximate surface area is 80.3 Å². The average molecular weight is 184 g/mol. The molecule has 1 aliphatic heterocycles. The van der Waals surface area contributed by atoms with Crippen LogP contribution in [0.2, 0.25) is 0 Å². The van der Waals surface area contributed by atoms with Gasteiger partial charge in [0.15, 0.2) is 0 Å². The first-order chi connectivity index (χ1) is 6.16. The van der Waals surface area contributed by atoms with Crippen LogP contribution in [-0.4, -0.2) is 29.9 Å². The van der Waals surface area contributed by atoms with Crippen LogP contribution >= 0.6 is 0 Å². The second-order valence-electron chi connectivity index (χ2n) is 4.07. The molecule has 0 radical (unpaired) electrons. The molecule has 1 rings (SSSR count).